The molecule has 18 heavy (non-hydrogen) atoms. The van der Waals surface area contributed by atoms with Gasteiger partial charge in [-0.05, 0) is 38.3 Å². The van der Waals surface area contributed by atoms with Gasteiger partial charge in [0.15, 0.2) is 5.96 Å². The molecule has 0 saturated carbocycles. The maximum Gasteiger partial charge on any atom is 0.191 e. The Bertz CT molecular complexity index is 369. The number of nitrogens with zero attached hydrogens (tertiary/aromatic N) is 1. The fourth-order valence-corrected chi connectivity index (χ4v) is 2.36. The predicted molar refractivity (Wildman–Crippen MR) is 81.3 cm³/mol. The normalized spacial score (nSPS) is 11.9. The average Bonchev–Trinajstić information content (AvgIpc) is 2.71. The van der Waals surface area contributed by atoms with Crippen LogP contribution in [-0.2, 0) is 6.54 Å². The predicted octanol–water partition coefficient (Wildman–Crippen LogP) is 3.16. The van der Waals surface area contributed by atoms with E-state index in [0.717, 1.165) is 31.5 Å². The van der Waals surface area contributed by atoms with Gasteiger partial charge in [-0.25, -0.2) is 4.99 Å². The van der Waals surface area contributed by atoms with E-state index in [-0.39, 0.29) is 0 Å². The van der Waals surface area contributed by atoms with E-state index in [0.29, 0.717) is 0 Å². The third-order valence-electron chi connectivity index (χ3n) is 2.55. The lowest BCUT2D eigenvalue weighted by molar-refractivity contribution is 0.574. The molecule has 0 unspecified atom stereocenters. The first-order valence-electron chi connectivity index (χ1n) is 6.69. The van der Waals surface area contributed by atoms with E-state index in [9.17, 15) is 0 Å². The lowest BCUT2D eigenvalue weighted by Crippen LogP contribution is -2.38. The zero-order valence-corrected chi connectivity index (χ0v) is 12.7. The van der Waals surface area contributed by atoms with Crippen LogP contribution >= 0.6 is 11.3 Å². The van der Waals surface area contributed by atoms with E-state index >= 15 is 0 Å². The van der Waals surface area contributed by atoms with Crippen LogP contribution in [-0.4, -0.2) is 19.0 Å². The molecule has 0 radical (unpaired) electrons. The van der Waals surface area contributed by atoms with Gasteiger partial charge in [-0.3, -0.25) is 0 Å². The summed E-state index contributed by atoms with van der Waals surface area (Å²) in [6.45, 7) is 11.3. The lowest BCUT2D eigenvalue weighted by atomic mass is 10.1. The summed E-state index contributed by atoms with van der Waals surface area (Å²) >= 11 is 1.81. The Kier molecular flexibility index (Phi) is 6.80. The minimum atomic E-state index is 0.723. The van der Waals surface area contributed by atoms with Crippen LogP contribution in [0.4, 0.5) is 0 Å². The first-order valence-corrected chi connectivity index (χ1v) is 7.51. The number of aliphatic imine (C=N–C) groups is 1. The fourth-order valence-electron chi connectivity index (χ4n) is 1.55. The van der Waals surface area contributed by atoms with Crippen LogP contribution in [0.1, 0.15) is 36.9 Å². The van der Waals surface area contributed by atoms with Crippen LogP contribution in [0.2, 0.25) is 0 Å². The zero-order chi connectivity index (χ0) is 13.4. The van der Waals surface area contributed by atoms with Crippen molar-refractivity contribution >= 4 is 17.3 Å². The number of thiophene rings is 1. The molecule has 0 aromatic carbocycles. The number of hydrogen-bond donors (Lipinski definition) is 2. The van der Waals surface area contributed by atoms with Gasteiger partial charge in [0.25, 0.3) is 0 Å². The highest BCUT2D eigenvalue weighted by Crippen LogP contribution is 2.15. The fraction of sp³-hybridized carbons (Fsp3) is 0.643. The van der Waals surface area contributed by atoms with Gasteiger partial charge in [0.2, 0.25) is 0 Å². The second-order valence-electron chi connectivity index (χ2n) is 4.82. The highest BCUT2D eigenvalue weighted by atomic mass is 32.1. The highest BCUT2D eigenvalue weighted by Gasteiger charge is 2.00. The molecule has 0 fully saturated rings. The summed E-state index contributed by atoms with van der Waals surface area (Å²) in [4.78, 5) is 7.26. The zero-order valence-electron chi connectivity index (χ0n) is 11.9. The van der Waals surface area contributed by atoms with Gasteiger partial charge in [0, 0.05) is 22.8 Å². The summed E-state index contributed by atoms with van der Waals surface area (Å²) in [5.74, 6) is 1.64. The largest absolute Gasteiger partial charge is 0.357 e. The van der Waals surface area contributed by atoms with E-state index in [4.69, 9.17) is 0 Å². The van der Waals surface area contributed by atoms with Crippen LogP contribution in [0.15, 0.2) is 17.1 Å². The van der Waals surface area contributed by atoms with Gasteiger partial charge < -0.3 is 10.6 Å². The summed E-state index contributed by atoms with van der Waals surface area (Å²) in [5, 5.41) is 6.65. The summed E-state index contributed by atoms with van der Waals surface area (Å²) in [6.07, 6.45) is 1.17. The number of rotatable bonds is 6. The van der Waals surface area contributed by atoms with Gasteiger partial charge >= 0.3 is 0 Å². The summed E-state index contributed by atoms with van der Waals surface area (Å²) < 4.78 is 0. The van der Waals surface area contributed by atoms with Crippen molar-refractivity contribution in [3.63, 3.8) is 0 Å². The van der Waals surface area contributed by atoms with E-state index in [1.54, 1.807) is 0 Å². The van der Waals surface area contributed by atoms with Crippen molar-refractivity contribution in [3.05, 3.63) is 21.9 Å². The van der Waals surface area contributed by atoms with Gasteiger partial charge in [0.05, 0.1) is 6.54 Å². The second kappa shape index (κ2) is 8.14. The molecule has 1 heterocycles. The summed E-state index contributed by atoms with van der Waals surface area (Å²) in [6, 6.07) is 4.30. The van der Waals surface area contributed by atoms with Crippen LogP contribution in [0.25, 0.3) is 0 Å². The van der Waals surface area contributed by atoms with Crippen molar-refractivity contribution in [3.8, 4) is 0 Å². The maximum atomic E-state index is 4.60. The third kappa shape index (κ3) is 6.05. The third-order valence-corrected chi connectivity index (χ3v) is 3.53. The average molecular weight is 267 g/mol. The lowest BCUT2D eigenvalue weighted by Gasteiger charge is -2.12. The quantitative estimate of drug-likeness (QED) is 0.613. The molecule has 1 rings (SSSR count). The molecule has 0 aliphatic carbocycles. The number of hydrogen-bond acceptors (Lipinski definition) is 2. The van der Waals surface area contributed by atoms with Gasteiger partial charge in [0.1, 0.15) is 0 Å². The topological polar surface area (TPSA) is 36.4 Å². The SMILES string of the molecule is CCNC(=NCc1ccc(C)s1)NCCC(C)C. The summed E-state index contributed by atoms with van der Waals surface area (Å²) in [7, 11) is 0. The molecule has 3 nitrogen and oxygen atoms in total. The van der Waals surface area contributed by atoms with E-state index in [1.165, 1.54) is 16.2 Å². The minimum absolute atomic E-state index is 0.723. The molecular formula is C14H25N3S. The van der Waals surface area contributed by atoms with Gasteiger partial charge in [-0.2, -0.15) is 0 Å². The molecule has 0 atom stereocenters. The molecule has 0 aliphatic heterocycles. The van der Waals surface area contributed by atoms with Crippen LogP contribution in [0, 0.1) is 12.8 Å². The van der Waals surface area contributed by atoms with E-state index < -0.39 is 0 Å². The molecule has 0 aliphatic rings. The number of nitrogens with one attached hydrogen (secondary N) is 2. The molecule has 2 N–H and O–H groups in total. The molecule has 1 aromatic rings. The highest BCUT2D eigenvalue weighted by molar-refractivity contribution is 7.11. The molecule has 0 saturated heterocycles. The van der Waals surface area contributed by atoms with Crippen molar-refractivity contribution in [2.45, 2.75) is 40.7 Å². The molecular weight excluding hydrogens is 242 g/mol. The van der Waals surface area contributed by atoms with Crippen LogP contribution in [0.5, 0.6) is 0 Å². The Morgan fingerprint density at radius 2 is 2.11 bits per heavy atom. The molecule has 1 aromatic heterocycles. The Hall–Kier alpha value is -1.03. The van der Waals surface area contributed by atoms with Crippen molar-refractivity contribution in [2.75, 3.05) is 13.1 Å². The molecule has 0 bridgehead atoms. The number of guanidine groups is 1. The van der Waals surface area contributed by atoms with E-state index in [2.05, 4.69) is 55.5 Å². The summed E-state index contributed by atoms with van der Waals surface area (Å²) in [5.41, 5.74) is 0. The van der Waals surface area contributed by atoms with Crippen molar-refractivity contribution in [1.29, 1.82) is 0 Å². The van der Waals surface area contributed by atoms with Gasteiger partial charge in [-0.1, -0.05) is 13.8 Å². The first-order chi connectivity index (χ1) is 8.61. The minimum Gasteiger partial charge on any atom is -0.357 e. The Labute approximate surface area is 115 Å². The van der Waals surface area contributed by atoms with Crippen molar-refractivity contribution < 1.29 is 0 Å². The van der Waals surface area contributed by atoms with Crippen LogP contribution < -0.4 is 10.6 Å². The van der Waals surface area contributed by atoms with Crippen LogP contribution in [0.3, 0.4) is 0 Å². The Morgan fingerprint density at radius 3 is 2.67 bits per heavy atom. The molecule has 0 amide bonds. The molecule has 4 heteroatoms. The van der Waals surface area contributed by atoms with Crippen molar-refractivity contribution in [2.24, 2.45) is 10.9 Å². The standard InChI is InChI=1S/C14H25N3S/c1-5-15-14(16-9-8-11(2)3)17-10-13-7-6-12(4)18-13/h6-7,11H,5,8-10H2,1-4H3,(H2,15,16,17). The maximum absolute atomic E-state index is 4.60. The smallest absolute Gasteiger partial charge is 0.191 e. The molecule has 102 valence electrons. The first kappa shape index (κ1) is 15.0. The number of aryl methyl sites for hydroxylation is 1. The van der Waals surface area contributed by atoms with Crippen molar-refractivity contribution in [1.82, 2.24) is 10.6 Å². The molecule has 0 spiro atoms. The Morgan fingerprint density at radius 1 is 1.33 bits per heavy atom. The van der Waals surface area contributed by atoms with E-state index in [1.807, 2.05) is 11.3 Å². The van der Waals surface area contributed by atoms with Gasteiger partial charge in [-0.15, -0.1) is 11.3 Å². The Balaban J connectivity index is 2.44. The second-order valence-corrected chi connectivity index (χ2v) is 6.19. The monoisotopic (exact) mass is 267 g/mol.